The molecule has 1 aliphatic rings. The third-order valence-electron chi connectivity index (χ3n) is 2.27. The number of likely N-dealkylation sites (tertiary alicyclic amines) is 1. The lowest BCUT2D eigenvalue weighted by Crippen LogP contribution is -2.42. The Balaban J connectivity index is 1.68. The van der Waals surface area contributed by atoms with Crippen LogP contribution in [0.25, 0.3) is 0 Å². The van der Waals surface area contributed by atoms with Gasteiger partial charge in [-0.05, 0) is 18.6 Å². The fourth-order valence-corrected chi connectivity index (χ4v) is 1.90. The van der Waals surface area contributed by atoms with Crippen LogP contribution in [0.3, 0.4) is 0 Å². The Bertz CT molecular complexity index is 325. The van der Waals surface area contributed by atoms with Crippen molar-refractivity contribution < 1.29 is 9.53 Å². The maximum absolute atomic E-state index is 11.3. The van der Waals surface area contributed by atoms with Crippen LogP contribution in [0, 0.1) is 0 Å². The standard InChI is InChI=1S/C11H13NO2S/c13-11(12-7-4-8-12)14-9-15-10-5-2-1-3-6-10/h1-3,5-6H,4,7-9H2. The van der Waals surface area contributed by atoms with Crippen LogP contribution in [0.2, 0.25) is 0 Å². The normalized spacial score (nSPS) is 14.5. The fraction of sp³-hybridized carbons (Fsp3) is 0.364. The highest BCUT2D eigenvalue weighted by atomic mass is 32.2. The second-order valence-corrected chi connectivity index (χ2v) is 4.32. The van der Waals surface area contributed by atoms with Gasteiger partial charge in [-0.2, -0.15) is 0 Å². The van der Waals surface area contributed by atoms with Crippen molar-refractivity contribution in [3.05, 3.63) is 30.3 Å². The Morgan fingerprint density at radius 3 is 2.67 bits per heavy atom. The van der Waals surface area contributed by atoms with Crippen LogP contribution < -0.4 is 0 Å². The lowest BCUT2D eigenvalue weighted by atomic mass is 10.2. The molecule has 1 amide bonds. The molecule has 3 nitrogen and oxygen atoms in total. The molecule has 15 heavy (non-hydrogen) atoms. The lowest BCUT2D eigenvalue weighted by molar-refractivity contribution is 0.0950. The minimum absolute atomic E-state index is 0.190. The Hall–Kier alpha value is -1.16. The van der Waals surface area contributed by atoms with Gasteiger partial charge in [-0.15, -0.1) is 0 Å². The van der Waals surface area contributed by atoms with E-state index in [9.17, 15) is 4.79 Å². The number of hydrogen-bond donors (Lipinski definition) is 0. The van der Waals surface area contributed by atoms with Gasteiger partial charge in [0.25, 0.3) is 0 Å². The average molecular weight is 223 g/mol. The van der Waals surface area contributed by atoms with Crippen molar-refractivity contribution in [1.29, 1.82) is 0 Å². The maximum atomic E-state index is 11.3. The zero-order valence-electron chi connectivity index (χ0n) is 8.39. The van der Waals surface area contributed by atoms with Crippen molar-refractivity contribution in [3.8, 4) is 0 Å². The van der Waals surface area contributed by atoms with E-state index < -0.39 is 0 Å². The first-order valence-corrected chi connectivity index (χ1v) is 5.94. The van der Waals surface area contributed by atoms with E-state index in [1.165, 1.54) is 11.8 Å². The Morgan fingerprint density at radius 1 is 1.33 bits per heavy atom. The lowest BCUT2D eigenvalue weighted by Gasteiger charge is -2.29. The molecule has 1 fully saturated rings. The second kappa shape index (κ2) is 5.07. The van der Waals surface area contributed by atoms with E-state index in [-0.39, 0.29) is 6.09 Å². The zero-order chi connectivity index (χ0) is 10.5. The highest BCUT2D eigenvalue weighted by molar-refractivity contribution is 7.99. The summed E-state index contributed by atoms with van der Waals surface area (Å²) in [6, 6.07) is 9.92. The summed E-state index contributed by atoms with van der Waals surface area (Å²) in [7, 11) is 0. The molecular formula is C11H13NO2S. The number of rotatable bonds is 3. The molecule has 2 rings (SSSR count). The molecule has 0 spiro atoms. The summed E-state index contributed by atoms with van der Waals surface area (Å²) in [6.07, 6.45) is 0.908. The number of ether oxygens (including phenoxy) is 1. The van der Waals surface area contributed by atoms with Gasteiger partial charge in [0.15, 0.2) is 0 Å². The molecule has 0 atom stereocenters. The average Bonchev–Trinajstić information content (AvgIpc) is 2.16. The van der Waals surface area contributed by atoms with Gasteiger partial charge in [0.1, 0.15) is 5.94 Å². The smallest absolute Gasteiger partial charge is 0.410 e. The van der Waals surface area contributed by atoms with Crippen molar-refractivity contribution in [2.24, 2.45) is 0 Å². The van der Waals surface area contributed by atoms with Crippen LogP contribution in [-0.2, 0) is 4.74 Å². The molecule has 0 bridgehead atoms. The summed E-state index contributed by atoms with van der Waals surface area (Å²) in [5, 5.41) is 0. The van der Waals surface area contributed by atoms with E-state index in [1.54, 1.807) is 4.90 Å². The van der Waals surface area contributed by atoms with Crippen molar-refractivity contribution in [1.82, 2.24) is 4.90 Å². The number of benzene rings is 1. The van der Waals surface area contributed by atoms with Crippen LogP contribution in [0.4, 0.5) is 4.79 Å². The molecule has 0 aliphatic carbocycles. The minimum Gasteiger partial charge on any atom is -0.438 e. The van der Waals surface area contributed by atoms with Crippen molar-refractivity contribution in [2.75, 3.05) is 19.0 Å². The maximum Gasteiger partial charge on any atom is 0.410 e. The molecule has 0 N–H and O–H groups in total. The van der Waals surface area contributed by atoms with Crippen LogP contribution in [0.5, 0.6) is 0 Å². The fourth-order valence-electron chi connectivity index (χ4n) is 1.25. The van der Waals surface area contributed by atoms with Crippen molar-refractivity contribution >= 4 is 17.9 Å². The predicted molar refractivity (Wildman–Crippen MR) is 59.8 cm³/mol. The number of nitrogens with zero attached hydrogens (tertiary/aromatic N) is 1. The zero-order valence-corrected chi connectivity index (χ0v) is 9.20. The predicted octanol–water partition coefficient (Wildman–Crippen LogP) is 2.58. The number of carbonyl (C=O) groups excluding carboxylic acids is 1. The first-order valence-electron chi connectivity index (χ1n) is 4.96. The summed E-state index contributed by atoms with van der Waals surface area (Å²) in [4.78, 5) is 14.1. The van der Waals surface area contributed by atoms with E-state index in [4.69, 9.17) is 4.74 Å². The van der Waals surface area contributed by atoms with Crippen LogP contribution in [-0.4, -0.2) is 30.0 Å². The highest BCUT2D eigenvalue weighted by Gasteiger charge is 2.21. The van der Waals surface area contributed by atoms with Crippen LogP contribution in [0.1, 0.15) is 6.42 Å². The van der Waals surface area contributed by atoms with Gasteiger partial charge in [0.05, 0.1) is 0 Å². The second-order valence-electron chi connectivity index (χ2n) is 3.33. The molecule has 0 saturated carbocycles. The summed E-state index contributed by atoms with van der Waals surface area (Å²) in [6.45, 7) is 1.68. The van der Waals surface area contributed by atoms with E-state index in [1.807, 2.05) is 30.3 Å². The first-order chi connectivity index (χ1) is 7.36. The molecule has 1 aliphatic heterocycles. The van der Waals surface area contributed by atoms with Crippen LogP contribution in [0.15, 0.2) is 35.2 Å². The summed E-state index contributed by atoms with van der Waals surface area (Å²) in [5.41, 5.74) is 0. The quantitative estimate of drug-likeness (QED) is 0.582. The van der Waals surface area contributed by atoms with Gasteiger partial charge < -0.3 is 9.64 Å². The van der Waals surface area contributed by atoms with Gasteiger partial charge in [0.2, 0.25) is 0 Å². The highest BCUT2D eigenvalue weighted by Crippen LogP contribution is 2.18. The van der Waals surface area contributed by atoms with Gasteiger partial charge in [-0.3, -0.25) is 0 Å². The first kappa shape index (κ1) is 10.4. The van der Waals surface area contributed by atoms with Gasteiger partial charge in [0, 0.05) is 18.0 Å². The van der Waals surface area contributed by atoms with Crippen LogP contribution >= 0.6 is 11.8 Å². The number of hydrogen-bond acceptors (Lipinski definition) is 3. The number of amides is 1. The van der Waals surface area contributed by atoms with E-state index in [2.05, 4.69) is 0 Å². The molecule has 1 aromatic carbocycles. The number of carbonyl (C=O) groups is 1. The largest absolute Gasteiger partial charge is 0.438 e. The molecule has 0 unspecified atom stereocenters. The summed E-state index contributed by atoms with van der Waals surface area (Å²) < 4.78 is 5.10. The molecule has 0 radical (unpaired) electrons. The van der Waals surface area contributed by atoms with Crippen molar-refractivity contribution in [3.63, 3.8) is 0 Å². The Labute approximate surface area is 93.4 Å². The van der Waals surface area contributed by atoms with E-state index in [0.29, 0.717) is 5.94 Å². The molecule has 0 aromatic heterocycles. The topological polar surface area (TPSA) is 29.5 Å². The Kier molecular flexibility index (Phi) is 3.50. The van der Waals surface area contributed by atoms with E-state index in [0.717, 1.165) is 24.4 Å². The SMILES string of the molecule is O=C(OCSc1ccccc1)N1CCC1. The summed E-state index contributed by atoms with van der Waals surface area (Å²) in [5.74, 6) is 0.388. The summed E-state index contributed by atoms with van der Waals surface area (Å²) >= 11 is 1.53. The monoisotopic (exact) mass is 223 g/mol. The van der Waals surface area contributed by atoms with Gasteiger partial charge in [-0.25, -0.2) is 4.79 Å². The van der Waals surface area contributed by atoms with Crippen molar-refractivity contribution in [2.45, 2.75) is 11.3 Å². The van der Waals surface area contributed by atoms with Gasteiger partial charge in [-0.1, -0.05) is 30.0 Å². The molecular weight excluding hydrogens is 210 g/mol. The Morgan fingerprint density at radius 2 is 2.07 bits per heavy atom. The number of thioether (sulfide) groups is 1. The molecule has 1 heterocycles. The van der Waals surface area contributed by atoms with E-state index >= 15 is 0 Å². The molecule has 1 saturated heterocycles. The third-order valence-corrected chi connectivity index (χ3v) is 3.11. The molecule has 80 valence electrons. The molecule has 1 aromatic rings. The minimum atomic E-state index is -0.190. The molecule has 4 heteroatoms. The third kappa shape index (κ3) is 2.89. The van der Waals surface area contributed by atoms with Gasteiger partial charge >= 0.3 is 6.09 Å².